The maximum Gasteiger partial charge on any atom is 0.469 e. The molecule has 1 rings (SSSR count). The quantitative estimate of drug-likeness (QED) is 0.0142. The molecule has 1 aliphatic carbocycles. The van der Waals surface area contributed by atoms with Gasteiger partial charge in [-0.2, -0.15) is 0 Å². The third-order valence-corrected chi connectivity index (χ3v) is 10.2. The molecule has 308 valence electrons. The van der Waals surface area contributed by atoms with Crippen molar-refractivity contribution < 1.29 is 53.3 Å². The molecule has 0 aromatic heterocycles. The largest absolute Gasteiger partial charge is 0.469 e. The number of carbonyl (C=O) groups is 2. The highest BCUT2D eigenvalue weighted by atomic mass is 31.2. The Morgan fingerprint density at radius 2 is 1.30 bits per heavy atom. The van der Waals surface area contributed by atoms with Crippen LogP contribution in [-0.2, 0) is 28.2 Å². The van der Waals surface area contributed by atoms with Gasteiger partial charge in [-0.3, -0.25) is 14.1 Å². The van der Waals surface area contributed by atoms with Gasteiger partial charge in [-0.1, -0.05) is 127 Å². The molecule has 0 aromatic rings. The van der Waals surface area contributed by atoms with Crippen molar-refractivity contribution in [3.8, 4) is 0 Å². The summed E-state index contributed by atoms with van der Waals surface area (Å²) in [4.78, 5) is 43.0. The van der Waals surface area contributed by atoms with Gasteiger partial charge in [0.15, 0.2) is 6.10 Å². The average Bonchev–Trinajstić information content (AvgIpc) is 3.38. The van der Waals surface area contributed by atoms with Crippen LogP contribution < -0.4 is 0 Å². The van der Waals surface area contributed by atoms with Crippen molar-refractivity contribution in [2.24, 2.45) is 11.8 Å². The molecule has 1 fully saturated rings. The minimum atomic E-state index is -4.81. The monoisotopic (exact) mass is 772 g/mol. The van der Waals surface area contributed by atoms with Crippen molar-refractivity contribution in [1.29, 1.82) is 0 Å². The lowest BCUT2D eigenvalue weighted by Crippen LogP contribution is -2.29. The Kier molecular flexibility index (Phi) is 29.1. The Morgan fingerprint density at radius 3 is 1.94 bits per heavy atom. The van der Waals surface area contributed by atoms with Crippen LogP contribution in [0.3, 0.4) is 0 Å². The number of phosphoric acid groups is 1. The number of esters is 2. The van der Waals surface area contributed by atoms with Crippen LogP contribution in [0.2, 0.25) is 0 Å². The summed E-state index contributed by atoms with van der Waals surface area (Å²) in [6.45, 7) is 3.37. The van der Waals surface area contributed by atoms with E-state index in [0.29, 0.717) is 25.7 Å². The van der Waals surface area contributed by atoms with Crippen LogP contribution in [0.4, 0.5) is 0 Å². The maximum atomic E-state index is 12.4. The number of aliphatic hydroxyl groups excluding tert-OH is 3. The van der Waals surface area contributed by atoms with E-state index >= 15 is 0 Å². The molecule has 5 N–H and O–H groups in total. The second-order valence-corrected chi connectivity index (χ2v) is 15.8. The SMILES string of the molecule is CCCCCC/C=C\C=C/CCCCCCCC(=O)O[C@H](COC(=O)CCCCCC[C@@H]1[C@@H](/C=C/[C@@H](O)CCCCC)[C@H](O)C[C@@H]1O)COP(=O)(O)O. The topological polar surface area (TPSA) is 180 Å². The number of unbranched alkanes of at least 4 members (excludes halogenated alkanes) is 14. The van der Waals surface area contributed by atoms with E-state index in [-0.39, 0.29) is 31.3 Å². The Hall–Kier alpha value is -1.85. The van der Waals surface area contributed by atoms with Crippen LogP contribution in [-0.4, -0.2) is 74.7 Å². The summed E-state index contributed by atoms with van der Waals surface area (Å²) in [7, 11) is -4.81. The van der Waals surface area contributed by atoms with E-state index in [1.165, 1.54) is 25.7 Å². The number of aliphatic hydroxyl groups is 3. The highest BCUT2D eigenvalue weighted by Gasteiger charge is 2.39. The molecule has 0 unspecified atom stereocenters. The number of rotatable bonds is 33. The summed E-state index contributed by atoms with van der Waals surface area (Å²) in [6, 6.07) is 0. The van der Waals surface area contributed by atoms with Crippen LogP contribution in [0.5, 0.6) is 0 Å². The molecular weight excluding hydrogens is 699 g/mol. The fourth-order valence-corrected chi connectivity index (χ4v) is 7.00. The number of phosphoric ester groups is 1. The fraction of sp³-hybridized carbons (Fsp3) is 0.805. The number of allylic oxidation sites excluding steroid dienone is 4. The molecular formula is C41H73O11P. The van der Waals surface area contributed by atoms with Crippen LogP contribution >= 0.6 is 7.82 Å². The van der Waals surface area contributed by atoms with Crippen molar-refractivity contribution in [2.45, 2.75) is 186 Å². The van der Waals surface area contributed by atoms with Crippen LogP contribution in [0.25, 0.3) is 0 Å². The number of hydrogen-bond donors (Lipinski definition) is 5. The third kappa shape index (κ3) is 27.4. The first kappa shape index (κ1) is 49.2. The summed E-state index contributed by atoms with van der Waals surface area (Å²) in [6.07, 6.45) is 29.3. The lowest BCUT2D eigenvalue weighted by Gasteiger charge is -2.21. The molecule has 1 aliphatic rings. The van der Waals surface area contributed by atoms with Gasteiger partial charge in [0.25, 0.3) is 0 Å². The minimum absolute atomic E-state index is 0.0843. The Bertz CT molecular complexity index is 1070. The maximum absolute atomic E-state index is 12.4. The summed E-state index contributed by atoms with van der Waals surface area (Å²) < 4.78 is 26.4. The van der Waals surface area contributed by atoms with Crippen LogP contribution in [0.15, 0.2) is 36.5 Å². The molecule has 1 saturated carbocycles. The number of carbonyl (C=O) groups excluding carboxylic acids is 2. The normalized spacial score (nSPS) is 20.5. The van der Waals surface area contributed by atoms with Gasteiger partial charge in [0.1, 0.15) is 6.61 Å². The standard InChI is InChI=1S/C41H73O11P/c1-3-5-7-8-9-10-11-12-13-14-15-16-17-18-24-28-41(46)52-35(33-51-53(47,48)49)32-50-40(45)27-23-20-19-22-26-36-37(39(44)31-38(36)43)30-29-34(42)25-21-6-4-2/h10-13,29-30,34-39,42-44H,3-9,14-28,31-33H2,1-2H3,(H2,47,48,49)/b11-10-,13-12-,30-29+/t34-,35+,36+,37+,38-,39+/m0/s1. The summed E-state index contributed by atoms with van der Waals surface area (Å²) in [5.41, 5.74) is 0. The van der Waals surface area contributed by atoms with Gasteiger partial charge in [0.2, 0.25) is 0 Å². The second kappa shape index (κ2) is 31.4. The molecule has 53 heavy (non-hydrogen) atoms. The van der Waals surface area contributed by atoms with Gasteiger partial charge >= 0.3 is 19.8 Å². The molecule has 12 heteroatoms. The number of hydrogen-bond acceptors (Lipinski definition) is 9. The molecule has 6 atom stereocenters. The first-order valence-corrected chi connectivity index (χ1v) is 22.1. The average molecular weight is 773 g/mol. The second-order valence-electron chi connectivity index (χ2n) is 14.6. The minimum Gasteiger partial charge on any atom is -0.462 e. The van der Waals surface area contributed by atoms with E-state index in [1.807, 2.05) is 6.08 Å². The van der Waals surface area contributed by atoms with Gasteiger partial charge in [-0.05, 0) is 57.3 Å². The highest BCUT2D eigenvalue weighted by molar-refractivity contribution is 7.46. The van der Waals surface area contributed by atoms with Gasteiger partial charge in [0.05, 0.1) is 24.9 Å². The van der Waals surface area contributed by atoms with Crippen LogP contribution in [0, 0.1) is 11.8 Å². The Labute approximate surface area is 319 Å². The first-order valence-electron chi connectivity index (χ1n) is 20.6. The van der Waals surface area contributed by atoms with Crippen molar-refractivity contribution in [1.82, 2.24) is 0 Å². The summed E-state index contributed by atoms with van der Waals surface area (Å²) >= 11 is 0. The molecule has 0 spiro atoms. The van der Waals surface area contributed by atoms with Gasteiger partial charge in [-0.25, -0.2) is 4.57 Å². The zero-order chi connectivity index (χ0) is 39.2. The first-order chi connectivity index (χ1) is 25.5. The van der Waals surface area contributed by atoms with E-state index in [4.69, 9.17) is 19.3 Å². The fourth-order valence-electron chi connectivity index (χ4n) is 6.64. The van der Waals surface area contributed by atoms with E-state index < -0.39 is 50.8 Å². The molecule has 0 bridgehead atoms. The lowest BCUT2D eigenvalue weighted by molar-refractivity contribution is -0.161. The predicted molar refractivity (Wildman–Crippen MR) is 209 cm³/mol. The highest BCUT2D eigenvalue weighted by Crippen LogP contribution is 2.38. The lowest BCUT2D eigenvalue weighted by atomic mass is 9.88. The van der Waals surface area contributed by atoms with E-state index in [2.05, 4.69) is 42.7 Å². The van der Waals surface area contributed by atoms with Gasteiger partial charge < -0.3 is 34.6 Å². The van der Waals surface area contributed by atoms with Crippen molar-refractivity contribution in [2.75, 3.05) is 13.2 Å². The smallest absolute Gasteiger partial charge is 0.462 e. The number of ether oxygens (including phenoxy) is 2. The van der Waals surface area contributed by atoms with Crippen molar-refractivity contribution in [3.63, 3.8) is 0 Å². The third-order valence-electron chi connectivity index (χ3n) is 9.76. The molecule has 0 aromatic carbocycles. The van der Waals surface area contributed by atoms with Gasteiger partial charge in [-0.15, -0.1) is 0 Å². The molecule has 0 aliphatic heterocycles. The Balaban J connectivity index is 2.29. The van der Waals surface area contributed by atoms with Gasteiger partial charge in [0, 0.05) is 25.2 Å². The molecule has 0 radical (unpaired) electrons. The summed E-state index contributed by atoms with van der Waals surface area (Å²) in [5, 5.41) is 31.2. The molecule has 11 nitrogen and oxygen atoms in total. The Morgan fingerprint density at radius 1 is 0.736 bits per heavy atom. The molecule has 0 saturated heterocycles. The zero-order valence-corrected chi connectivity index (χ0v) is 33.6. The summed E-state index contributed by atoms with van der Waals surface area (Å²) in [5.74, 6) is -1.32. The van der Waals surface area contributed by atoms with E-state index in [1.54, 1.807) is 6.08 Å². The molecule has 0 amide bonds. The predicted octanol–water partition coefficient (Wildman–Crippen LogP) is 8.56. The van der Waals surface area contributed by atoms with E-state index in [9.17, 15) is 29.5 Å². The van der Waals surface area contributed by atoms with Crippen molar-refractivity contribution >= 4 is 19.8 Å². The zero-order valence-electron chi connectivity index (χ0n) is 32.7. The van der Waals surface area contributed by atoms with Crippen molar-refractivity contribution in [3.05, 3.63) is 36.5 Å². The molecule has 0 heterocycles. The van der Waals surface area contributed by atoms with E-state index in [0.717, 1.165) is 83.5 Å². The van der Waals surface area contributed by atoms with Crippen LogP contribution in [0.1, 0.15) is 162 Å².